The number of carboxylic acid groups (broad SMARTS) is 1. The van der Waals surface area contributed by atoms with Crippen LogP contribution in [0.5, 0.6) is 0 Å². The van der Waals surface area contributed by atoms with E-state index in [0.29, 0.717) is 35.6 Å². The topological polar surface area (TPSA) is 89.9 Å². The normalized spacial score (nSPS) is 17.8. The number of aliphatic hydroxyl groups is 1. The number of aromatic carboxylic acids is 1. The third kappa shape index (κ3) is 3.95. The summed E-state index contributed by atoms with van der Waals surface area (Å²) < 4.78 is 0.529. The molecule has 0 spiro atoms. The second-order valence-electron chi connectivity index (χ2n) is 5.04. The van der Waals surface area contributed by atoms with Gasteiger partial charge in [0.25, 0.3) is 0 Å². The number of likely N-dealkylation sites (tertiary alicyclic amines) is 1. The molecule has 3 N–H and O–H groups in total. The van der Waals surface area contributed by atoms with Crippen LogP contribution in [0.4, 0.5) is 10.5 Å². The molecule has 6 nitrogen and oxygen atoms in total. The molecule has 1 heterocycles. The zero-order valence-electron chi connectivity index (χ0n) is 11.4. The summed E-state index contributed by atoms with van der Waals surface area (Å²) in [5, 5.41) is 20.6. The molecule has 2 rings (SSSR count). The van der Waals surface area contributed by atoms with Crippen LogP contribution >= 0.6 is 15.9 Å². The largest absolute Gasteiger partial charge is 0.478 e. The fourth-order valence-electron chi connectivity index (χ4n) is 2.38. The van der Waals surface area contributed by atoms with Crippen LogP contribution in [0.15, 0.2) is 22.7 Å². The van der Waals surface area contributed by atoms with Gasteiger partial charge in [-0.25, -0.2) is 9.59 Å². The molecule has 0 bridgehead atoms. The molecule has 1 saturated heterocycles. The first-order chi connectivity index (χ1) is 10.0. The van der Waals surface area contributed by atoms with Gasteiger partial charge in [-0.3, -0.25) is 0 Å². The number of nitrogens with one attached hydrogen (secondary N) is 1. The Labute approximate surface area is 130 Å². The summed E-state index contributed by atoms with van der Waals surface area (Å²) in [6.45, 7) is 1.45. The van der Waals surface area contributed by atoms with E-state index in [9.17, 15) is 9.59 Å². The van der Waals surface area contributed by atoms with Gasteiger partial charge < -0.3 is 20.4 Å². The van der Waals surface area contributed by atoms with Gasteiger partial charge >= 0.3 is 12.0 Å². The summed E-state index contributed by atoms with van der Waals surface area (Å²) in [6, 6.07) is 4.25. The summed E-state index contributed by atoms with van der Waals surface area (Å²) in [4.78, 5) is 24.7. The maximum Gasteiger partial charge on any atom is 0.335 e. The summed E-state index contributed by atoms with van der Waals surface area (Å²) >= 11 is 3.26. The van der Waals surface area contributed by atoms with E-state index in [4.69, 9.17) is 10.2 Å². The van der Waals surface area contributed by atoms with E-state index < -0.39 is 5.97 Å². The molecule has 1 fully saturated rings. The third-order valence-electron chi connectivity index (χ3n) is 3.57. The lowest BCUT2D eigenvalue weighted by atomic mass is 10.1. The van der Waals surface area contributed by atoms with Crippen molar-refractivity contribution in [1.82, 2.24) is 4.90 Å². The van der Waals surface area contributed by atoms with Crippen LogP contribution in [0, 0.1) is 5.92 Å². The minimum atomic E-state index is -1.01. The molecule has 1 aromatic carbocycles. The average molecular weight is 357 g/mol. The van der Waals surface area contributed by atoms with Gasteiger partial charge in [0.15, 0.2) is 0 Å². The van der Waals surface area contributed by atoms with Crippen LogP contribution in [0.3, 0.4) is 0 Å². The minimum Gasteiger partial charge on any atom is -0.478 e. The quantitative estimate of drug-likeness (QED) is 0.772. The summed E-state index contributed by atoms with van der Waals surface area (Å²) in [5.74, 6) is -0.668. The molecule has 1 aliphatic heterocycles. The average Bonchev–Trinajstić information content (AvgIpc) is 2.90. The summed E-state index contributed by atoms with van der Waals surface area (Å²) in [6.07, 6.45) is 1.61. The molecule has 0 aromatic heterocycles. The standard InChI is InChI=1S/C14H17BrN2O4/c15-11-7-10(13(19)20)1-2-12(11)16-14(21)17-5-3-9(8-17)4-6-18/h1-2,7,9,18H,3-6,8H2,(H,16,21)(H,19,20). The first kappa shape index (κ1) is 15.8. The van der Waals surface area contributed by atoms with Gasteiger partial charge in [0, 0.05) is 24.2 Å². The van der Waals surface area contributed by atoms with E-state index in [-0.39, 0.29) is 18.2 Å². The number of hydrogen-bond acceptors (Lipinski definition) is 3. The summed E-state index contributed by atoms with van der Waals surface area (Å²) in [7, 11) is 0. The number of benzene rings is 1. The highest BCUT2D eigenvalue weighted by molar-refractivity contribution is 9.10. The number of carbonyl (C=O) groups is 2. The van der Waals surface area contributed by atoms with Gasteiger partial charge in [-0.15, -0.1) is 0 Å². The molecule has 21 heavy (non-hydrogen) atoms. The second kappa shape index (κ2) is 6.91. The van der Waals surface area contributed by atoms with Crippen LogP contribution in [-0.2, 0) is 0 Å². The maximum atomic E-state index is 12.2. The monoisotopic (exact) mass is 356 g/mol. The highest BCUT2D eigenvalue weighted by Gasteiger charge is 2.26. The van der Waals surface area contributed by atoms with Gasteiger partial charge in [-0.05, 0) is 52.9 Å². The fraction of sp³-hybridized carbons (Fsp3) is 0.429. The second-order valence-corrected chi connectivity index (χ2v) is 5.90. The third-order valence-corrected chi connectivity index (χ3v) is 4.22. The Morgan fingerprint density at radius 1 is 1.43 bits per heavy atom. The van der Waals surface area contributed by atoms with Crippen molar-refractivity contribution in [3.63, 3.8) is 0 Å². The SMILES string of the molecule is O=C(O)c1ccc(NC(=O)N2CCC(CCO)C2)c(Br)c1. The van der Waals surface area contributed by atoms with Gasteiger partial charge in [0.05, 0.1) is 11.3 Å². The number of rotatable bonds is 4. The van der Waals surface area contributed by atoms with Crippen LogP contribution in [0.2, 0.25) is 0 Å². The molecular weight excluding hydrogens is 340 g/mol. The number of aliphatic hydroxyl groups excluding tert-OH is 1. The Kier molecular flexibility index (Phi) is 5.19. The Morgan fingerprint density at radius 3 is 2.81 bits per heavy atom. The van der Waals surface area contributed by atoms with E-state index >= 15 is 0 Å². The van der Waals surface area contributed by atoms with Crippen molar-refractivity contribution >= 4 is 33.6 Å². The zero-order chi connectivity index (χ0) is 15.4. The first-order valence-corrected chi connectivity index (χ1v) is 7.50. The van der Waals surface area contributed by atoms with Gasteiger partial charge in [-0.1, -0.05) is 0 Å². The molecule has 1 aliphatic rings. The van der Waals surface area contributed by atoms with Gasteiger partial charge in [0.2, 0.25) is 0 Å². The van der Waals surface area contributed by atoms with Gasteiger partial charge in [-0.2, -0.15) is 0 Å². The highest BCUT2D eigenvalue weighted by Crippen LogP contribution is 2.25. The lowest BCUT2D eigenvalue weighted by Gasteiger charge is -2.18. The number of urea groups is 1. The predicted octanol–water partition coefficient (Wildman–Crippen LogP) is 2.38. The number of carbonyl (C=O) groups excluding carboxylic acids is 1. The molecule has 1 aromatic rings. The molecule has 0 saturated carbocycles. The molecule has 0 aliphatic carbocycles. The minimum absolute atomic E-state index is 0.141. The Bertz CT molecular complexity index is 550. The van der Waals surface area contributed by atoms with E-state index in [0.717, 1.165) is 6.42 Å². The van der Waals surface area contributed by atoms with Crippen LogP contribution in [-0.4, -0.2) is 46.8 Å². The molecule has 1 atom stereocenters. The van der Waals surface area contributed by atoms with Crippen molar-refractivity contribution in [2.45, 2.75) is 12.8 Å². The molecule has 1 unspecified atom stereocenters. The van der Waals surface area contributed by atoms with E-state index in [2.05, 4.69) is 21.2 Å². The summed E-state index contributed by atoms with van der Waals surface area (Å²) in [5.41, 5.74) is 0.694. The maximum absolute atomic E-state index is 12.2. The van der Waals surface area contributed by atoms with E-state index in [1.165, 1.54) is 12.1 Å². The van der Waals surface area contributed by atoms with Crippen molar-refractivity contribution in [3.8, 4) is 0 Å². The van der Waals surface area contributed by atoms with Crippen molar-refractivity contribution in [2.24, 2.45) is 5.92 Å². The number of amides is 2. The lowest BCUT2D eigenvalue weighted by molar-refractivity contribution is 0.0697. The molecule has 2 amide bonds. The van der Waals surface area contributed by atoms with Crippen LogP contribution < -0.4 is 5.32 Å². The van der Waals surface area contributed by atoms with Crippen molar-refractivity contribution in [2.75, 3.05) is 25.0 Å². The Morgan fingerprint density at radius 2 is 2.19 bits per heavy atom. The Balaban J connectivity index is 1.99. The lowest BCUT2D eigenvalue weighted by Crippen LogP contribution is -2.33. The molecule has 114 valence electrons. The first-order valence-electron chi connectivity index (χ1n) is 6.71. The van der Waals surface area contributed by atoms with Crippen molar-refractivity contribution in [1.29, 1.82) is 0 Å². The van der Waals surface area contributed by atoms with Gasteiger partial charge in [0.1, 0.15) is 0 Å². The van der Waals surface area contributed by atoms with Crippen LogP contribution in [0.25, 0.3) is 0 Å². The smallest absolute Gasteiger partial charge is 0.335 e. The molecular formula is C14H17BrN2O4. The van der Waals surface area contributed by atoms with Crippen molar-refractivity contribution in [3.05, 3.63) is 28.2 Å². The van der Waals surface area contributed by atoms with Crippen LogP contribution in [0.1, 0.15) is 23.2 Å². The molecule has 7 heteroatoms. The molecule has 0 radical (unpaired) electrons. The predicted molar refractivity (Wildman–Crippen MR) is 81.5 cm³/mol. The number of nitrogens with zero attached hydrogens (tertiary/aromatic N) is 1. The Hall–Kier alpha value is -1.60. The number of carboxylic acids is 1. The highest BCUT2D eigenvalue weighted by atomic mass is 79.9. The van der Waals surface area contributed by atoms with E-state index in [1.54, 1.807) is 11.0 Å². The fourth-order valence-corrected chi connectivity index (χ4v) is 2.86. The number of hydrogen-bond donors (Lipinski definition) is 3. The number of halogens is 1. The number of anilines is 1. The van der Waals surface area contributed by atoms with Crippen molar-refractivity contribution < 1.29 is 19.8 Å². The van der Waals surface area contributed by atoms with E-state index in [1.807, 2.05) is 0 Å². The zero-order valence-corrected chi connectivity index (χ0v) is 13.0.